The second kappa shape index (κ2) is 6.43. The van der Waals surface area contributed by atoms with Gasteiger partial charge in [0.25, 0.3) is 0 Å². The molecule has 1 atom stereocenters. The summed E-state index contributed by atoms with van der Waals surface area (Å²) in [5.74, 6) is -0.410. The number of aryl methyl sites for hydroxylation is 1. The Morgan fingerprint density at radius 2 is 1.90 bits per heavy atom. The van der Waals surface area contributed by atoms with Crippen LogP contribution in [0.3, 0.4) is 0 Å². The van der Waals surface area contributed by atoms with Crippen molar-refractivity contribution in [1.29, 1.82) is 0 Å². The number of benzene rings is 1. The van der Waals surface area contributed by atoms with Crippen LogP contribution in [0.25, 0.3) is 0 Å². The maximum Gasteiger partial charge on any atom is 0.338 e. The Morgan fingerprint density at radius 1 is 1.24 bits per heavy atom. The number of amides is 2. The van der Waals surface area contributed by atoms with E-state index in [0.29, 0.717) is 17.9 Å². The van der Waals surface area contributed by atoms with Crippen molar-refractivity contribution in [3.05, 3.63) is 46.7 Å². The third kappa shape index (κ3) is 3.24. The molecule has 0 saturated heterocycles. The molecule has 1 heterocycles. The number of urea groups is 1. The Kier molecular flexibility index (Phi) is 4.62. The lowest BCUT2D eigenvalue weighted by Gasteiger charge is -2.28. The summed E-state index contributed by atoms with van der Waals surface area (Å²) in [6, 6.07) is 7.07. The molecule has 1 aromatic carbocycles. The molecule has 1 aliphatic heterocycles. The van der Waals surface area contributed by atoms with Gasteiger partial charge in [-0.2, -0.15) is 0 Å². The van der Waals surface area contributed by atoms with Gasteiger partial charge in [-0.25, -0.2) is 9.59 Å². The minimum Gasteiger partial charge on any atom is -0.463 e. The van der Waals surface area contributed by atoms with Crippen LogP contribution < -0.4 is 10.6 Å². The Bertz CT molecular complexity index is 576. The maximum atomic E-state index is 12.2. The van der Waals surface area contributed by atoms with Crippen molar-refractivity contribution in [3.63, 3.8) is 0 Å². The van der Waals surface area contributed by atoms with E-state index in [2.05, 4.69) is 17.6 Å². The van der Waals surface area contributed by atoms with Gasteiger partial charge in [-0.1, -0.05) is 31.2 Å². The van der Waals surface area contributed by atoms with Crippen molar-refractivity contribution < 1.29 is 14.3 Å². The fourth-order valence-electron chi connectivity index (χ4n) is 2.37. The summed E-state index contributed by atoms with van der Waals surface area (Å²) in [6.07, 6.45) is 0.943. The van der Waals surface area contributed by atoms with Crippen LogP contribution in [0.5, 0.6) is 0 Å². The predicted octanol–water partition coefficient (Wildman–Crippen LogP) is 2.44. The molecule has 2 N–H and O–H groups in total. The topological polar surface area (TPSA) is 67.4 Å². The quantitative estimate of drug-likeness (QED) is 0.836. The second-order valence-electron chi connectivity index (χ2n) is 4.89. The molecule has 0 spiro atoms. The van der Waals surface area contributed by atoms with Crippen molar-refractivity contribution in [1.82, 2.24) is 10.6 Å². The number of hydrogen-bond donors (Lipinski definition) is 2. The fraction of sp³-hybridized carbons (Fsp3) is 0.375. The maximum absolute atomic E-state index is 12.2. The summed E-state index contributed by atoms with van der Waals surface area (Å²) < 4.78 is 5.10. The molecule has 0 saturated carbocycles. The highest BCUT2D eigenvalue weighted by molar-refractivity contribution is 5.95. The summed E-state index contributed by atoms with van der Waals surface area (Å²) in [5.41, 5.74) is 3.05. The van der Waals surface area contributed by atoms with Gasteiger partial charge >= 0.3 is 12.0 Å². The van der Waals surface area contributed by atoms with E-state index in [0.717, 1.165) is 12.0 Å². The van der Waals surface area contributed by atoms with Gasteiger partial charge in [-0.3, -0.25) is 0 Å². The number of nitrogens with one attached hydrogen (secondary N) is 2. The molecule has 0 aromatic heterocycles. The summed E-state index contributed by atoms with van der Waals surface area (Å²) in [7, 11) is 0. The average Bonchev–Trinajstić information content (AvgIpc) is 2.46. The summed E-state index contributed by atoms with van der Waals surface area (Å²) in [5, 5.41) is 5.40. The number of esters is 1. The minimum absolute atomic E-state index is 0.297. The number of rotatable bonds is 4. The van der Waals surface area contributed by atoms with Crippen molar-refractivity contribution >= 4 is 12.0 Å². The molecule has 0 aliphatic carbocycles. The highest BCUT2D eigenvalue weighted by Crippen LogP contribution is 2.27. The van der Waals surface area contributed by atoms with Crippen molar-refractivity contribution in [3.8, 4) is 0 Å². The van der Waals surface area contributed by atoms with Gasteiger partial charge in [0.15, 0.2) is 0 Å². The molecular weight excluding hydrogens is 268 g/mol. The number of carbonyl (C=O) groups is 2. The first-order valence-corrected chi connectivity index (χ1v) is 7.11. The molecule has 0 bridgehead atoms. The van der Waals surface area contributed by atoms with E-state index in [-0.39, 0.29) is 6.03 Å². The first kappa shape index (κ1) is 15.1. The van der Waals surface area contributed by atoms with Gasteiger partial charge in [0.05, 0.1) is 18.2 Å². The summed E-state index contributed by atoms with van der Waals surface area (Å²) in [6.45, 7) is 5.84. The number of allylic oxidation sites excluding steroid dienone is 1. The smallest absolute Gasteiger partial charge is 0.338 e. The van der Waals surface area contributed by atoms with E-state index in [4.69, 9.17) is 4.74 Å². The van der Waals surface area contributed by atoms with Crippen LogP contribution in [-0.2, 0) is 16.0 Å². The van der Waals surface area contributed by atoms with E-state index < -0.39 is 12.0 Å². The summed E-state index contributed by atoms with van der Waals surface area (Å²) >= 11 is 0. The van der Waals surface area contributed by atoms with Gasteiger partial charge in [-0.05, 0) is 31.4 Å². The average molecular weight is 288 g/mol. The highest BCUT2D eigenvalue weighted by atomic mass is 16.5. The zero-order valence-electron chi connectivity index (χ0n) is 12.5. The third-order valence-corrected chi connectivity index (χ3v) is 3.49. The largest absolute Gasteiger partial charge is 0.463 e. The summed E-state index contributed by atoms with van der Waals surface area (Å²) in [4.78, 5) is 23.8. The number of hydrogen-bond acceptors (Lipinski definition) is 3. The molecule has 0 unspecified atom stereocenters. The van der Waals surface area contributed by atoms with Crippen molar-refractivity contribution in [2.24, 2.45) is 0 Å². The monoisotopic (exact) mass is 288 g/mol. The van der Waals surface area contributed by atoms with Crippen molar-refractivity contribution in [2.45, 2.75) is 33.2 Å². The predicted molar refractivity (Wildman–Crippen MR) is 79.6 cm³/mol. The normalized spacial score (nSPS) is 18.0. The molecular formula is C16H20N2O3. The van der Waals surface area contributed by atoms with Crippen LogP contribution in [0.15, 0.2) is 35.5 Å². The molecule has 1 aromatic rings. The zero-order chi connectivity index (χ0) is 15.4. The van der Waals surface area contributed by atoms with E-state index in [1.807, 2.05) is 24.3 Å². The van der Waals surface area contributed by atoms with Crippen LogP contribution in [-0.4, -0.2) is 18.6 Å². The minimum atomic E-state index is -0.483. The third-order valence-electron chi connectivity index (χ3n) is 3.49. The first-order valence-electron chi connectivity index (χ1n) is 7.11. The Labute approximate surface area is 124 Å². The molecule has 5 nitrogen and oxygen atoms in total. The lowest BCUT2D eigenvalue weighted by atomic mass is 9.94. The molecule has 2 rings (SSSR count). The van der Waals surface area contributed by atoms with Gasteiger partial charge in [0.2, 0.25) is 0 Å². The van der Waals surface area contributed by atoms with Crippen LogP contribution >= 0.6 is 0 Å². The van der Waals surface area contributed by atoms with Gasteiger partial charge < -0.3 is 15.4 Å². The van der Waals surface area contributed by atoms with Crippen molar-refractivity contribution in [2.75, 3.05) is 6.61 Å². The molecule has 1 aliphatic rings. The molecule has 0 radical (unpaired) electrons. The lowest BCUT2D eigenvalue weighted by Crippen LogP contribution is -2.45. The molecule has 5 heteroatoms. The van der Waals surface area contributed by atoms with E-state index >= 15 is 0 Å². The molecule has 0 fully saturated rings. The van der Waals surface area contributed by atoms with Crippen LogP contribution in [0.4, 0.5) is 4.79 Å². The van der Waals surface area contributed by atoms with E-state index in [1.54, 1.807) is 13.8 Å². The van der Waals surface area contributed by atoms with Crippen LogP contribution in [0, 0.1) is 0 Å². The first-order chi connectivity index (χ1) is 10.1. The molecule has 112 valence electrons. The SMILES string of the molecule is CCOC(=O)C1=C(C)NC(=O)N[C@H]1c1ccc(CC)cc1. The van der Waals surface area contributed by atoms with Gasteiger partial charge in [-0.15, -0.1) is 0 Å². The molecule has 2 amide bonds. The lowest BCUT2D eigenvalue weighted by molar-refractivity contribution is -0.139. The van der Waals surface area contributed by atoms with Gasteiger partial charge in [0.1, 0.15) is 0 Å². The fourth-order valence-corrected chi connectivity index (χ4v) is 2.37. The van der Waals surface area contributed by atoms with Gasteiger partial charge in [0, 0.05) is 5.70 Å². The Hall–Kier alpha value is -2.30. The van der Waals surface area contributed by atoms with E-state index in [1.165, 1.54) is 5.56 Å². The Morgan fingerprint density at radius 3 is 2.48 bits per heavy atom. The second-order valence-corrected chi connectivity index (χ2v) is 4.89. The van der Waals surface area contributed by atoms with Crippen LogP contribution in [0.1, 0.15) is 37.9 Å². The Balaban J connectivity index is 2.39. The van der Waals surface area contributed by atoms with E-state index in [9.17, 15) is 9.59 Å². The van der Waals surface area contributed by atoms with Crippen LogP contribution in [0.2, 0.25) is 0 Å². The number of carbonyl (C=O) groups excluding carboxylic acids is 2. The highest BCUT2D eigenvalue weighted by Gasteiger charge is 2.31. The molecule has 21 heavy (non-hydrogen) atoms. The number of ether oxygens (including phenoxy) is 1. The zero-order valence-corrected chi connectivity index (χ0v) is 12.5. The standard InChI is InChI=1S/C16H20N2O3/c1-4-11-6-8-12(9-7-11)14-13(15(19)21-5-2)10(3)17-16(20)18-14/h6-9,14H,4-5H2,1-3H3,(H2,17,18,20)/t14-/m0/s1.